The van der Waals surface area contributed by atoms with Crippen LogP contribution >= 0.6 is 0 Å². The van der Waals surface area contributed by atoms with Crippen molar-refractivity contribution in [3.8, 4) is 5.88 Å². The number of rotatable bonds is 3. The van der Waals surface area contributed by atoms with Gasteiger partial charge in [0.2, 0.25) is 5.88 Å². The highest BCUT2D eigenvalue weighted by Crippen LogP contribution is 2.07. The van der Waals surface area contributed by atoms with Gasteiger partial charge in [0.05, 0.1) is 6.10 Å². The van der Waals surface area contributed by atoms with Gasteiger partial charge in [-0.3, -0.25) is 4.79 Å². The molecule has 3 heteroatoms. The van der Waals surface area contributed by atoms with Gasteiger partial charge < -0.3 is 4.74 Å². The summed E-state index contributed by atoms with van der Waals surface area (Å²) in [7, 11) is 0. The highest BCUT2D eigenvalue weighted by molar-refractivity contribution is 5.73. The molecule has 0 amide bonds. The number of carbonyl (C=O) groups excluding carboxylic acids is 1. The molecule has 0 spiro atoms. The van der Waals surface area contributed by atoms with Crippen LogP contribution in [0.15, 0.2) is 18.3 Å². The Morgan fingerprint density at radius 1 is 1.50 bits per heavy atom. The van der Waals surface area contributed by atoms with Crippen LogP contribution in [-0.2, 0) is 0 Å². The molecule has 0 unspecified atom stereocenters. The van der Waals surface area contributed by atoms with E-state index < -0.39 is 0 Å². The fourth-order valence-electron chi connectivity index (χ4n) is 0.773. The quantitative estimate of drug-likeness (QED) is 0.639. The molecule has 0 fully saturated rings. The second-order valence-electron chi connectivity index (χ2n) is 2.71. The Labute approximate surface area is 71.4 Å². The van der Waals surface area contributed by atoms with Gasteiger partial charge in [0.1, 0.15) is 0 Å². The van der Waals surface area contributed by atoms with Gasteiger partial charge in [-0.15, -0.1) is 0 Å². The molecule has 0 N–H and O–H groups in total. The molecule has 1 aromatic rings. The first-order valence-corrected chi connectivity index (χ1v) is 3.80. The largest absolute Gasteiger partial charge is 0.475 e. The molecule has 3 nitrogen and oxygen atoms in total. The molecule has 12 heavy (non-hydrogen) atoms. The maximum Gasteiger partial charge on any atom is 0.213 e. The fourth-order valence-corrected chi connectivity index (χ4v) is 0.773. The Kier molecular flexibility index (Phi) is 2.80. The lowest BCUT2D eigenvalue weighted by Crippen LogP contribution is -2.06. The van der Waals surface area contributed by atoms with Crippen LogP contribution in [0.5, 0.6) is 5.88 Å². The molecular formula is C9H11NO2. The highest BCUT2D eigenvalue weighted by atomic mass is 16.5. The van der Waals surface area contributed by atoms with Gasteiger partial charge in [-0.05, 0) is 19.9 Å². The third kappa shape index (κ3) is 2.34. The summed E-state index contributed by atoms with van der Waals surface area (Å²) in [4.78, 5) is 14.2. The first-order chi connectivity index (χ1) is 5.72. The zero-order valence-electron chi connectivity index (χ0n) is 7.15. The van der Waals surface area contributed by atoms with Crippen LogP contribution in [0.3, 0.4) is 0 Å². The molecule has 0 bridgehead atoms. The standard InChI is InChI=1S/C9H11NO2/c1-7(2)12-9-4-3-8(6-11)5-10-9/h3-7H,1-2H3. The van der Waals surface area contributed by atoms with E-state index in [9.17, 15) is 4.79 Å². The van der Waals surface area contributed by atoms with Crippen molar-refractivity contribution in [2.24, 2.45) is 0 Å². The molecule has 0 radical (unpaired) electrons. The minimum atomic E-state index is 0.111. The molecule has 0 atom stereocenters. The molecule has 0 aliphatic heterocycles. The lowest BCUT2D eigenvalue weighted by Gasteiger charge is -2.07. The van der Waals surface area contributed by atoms with Crippen LogP contribution in [0.25, 0.3) is 0 Å². The second kappa shape index (κ2) is 3.85. The molecule has 0 aromatic carbocycles. The molecule has 1 rings (SSSR count). The van der Waals surface area contributed by atoms with E-state index in [0.717, 1.165) is 6.29 Å². The fraction of sp³-hybridized carbons (Fsp3) is 0.333. The summed E-state index contributed by atoms with van der Waals surface area (Å²) in [5.74, 6) is 0.551. The van der Waals surface area contributed by atoms with E-state index in [1.165, 1.54) is 6.20 Å². The van der Waals surface area contributed by atoms with Gasteiger partial charge in [0, 0.05) is 17.8 Å². The number of ether oxygens (including phenoxy) is 1. The van der Waals surface area contributed by atoms with Crippen LogP contribution < -0.4 is 4.74 Å². The third-order valence-corrected chi connectivity index (χ3v) is 1.25. The van der Waals surface area contributed by atoms with E-state index >= 15 is 0 Å². The smallest absolute Gasteiger partial charge is 0.213 e. The average Bonchev–Trinajstić information content (AvgIpc) is 2.05. The maximum atomic E-state index is 10.3. The van der Waals surface area contributed by atoms with Crippen molar-refractivity contribution in [3.63, 3.8) is 0 Å². The van der Waals surface area contributed by atoms with Crippen LogP contribution in [-0.4, -0.2) is 17.4 Å². The zero-order chi connectivity index (χ0) is 8.97. The normalized spacial score (nSPS) is 9.92. The van der Waals surface area contributed by atoms with Gasteiger partial charge in [0.15, 0.2) is 6.29 Å². The molecule has 1 heterocycles. The van der Waals surface area contributed by atoms with Crippen molar-refractivity contribution in [1.29, 1.82) is 0 Å². The van der Waals surface area contributed by atoms with E-state index in [0.29, 0.717) is 11.4 Å². The first-order valence-electron chi connectivity index (χ1n) is 3.80. The van der Waals surface area contributed by atoms with E-state index in [-0.39, 0.29) is 6.10 Å². The summed E-state index contributed by atoms with van der Waals surface area (Å²) >= 11 is 0. The average molecular weight is 165 g/mol. The lowest BCUT2D eigenvalue weighted by molar-refractivity contribution is 0.112. The Morgan fingerprint density at radius 3 is 2.67 bits per heavy atom. The third-order valence-electron chi connectivity index (χ3n) is 1.25. The van der Waals surface area contributed by atoms with Crippen LogP contribution in [0.1, 0.15) is 24.2 Å². The topological polar surface area (TPSA) is 39.2 Å². The highest BCUT2D eigenvalue weighted by Gasteiger charge is 1.97. The van der Waals surface area contributed by atoms with Crippen LogP contribution in [0.2, 0.25) is 0 Å². The number of aldehydes is 1. The maximum absolute atomic E-state index is 10.3. The van der Waals surface area contributed by atoms with Gasteiger partial charge in [0.25, 0.3) is 0 Å². The summed E-state index contributed by atoms with van der Waals surface area (Å²) < 4.78 is 5.29. The Hall–Kier alpha value is -1.38. The van der Waals surface area contributed by atoms with Crippen LogP contribution in [0, 0.1) is 0 Å². The summed E-state index contributed by atoms with van der Waals surface area (Å²) in [5, 5.41) is 0. The minimum Gasteiger partial charge on any atom is -0.475 e. The van der Waals surface area contributed by atoms with Gasteiger partial charge in [-0.2, -0.15) is 0 Å². The van der Waals surface area contributed by atoms with Crippen molar-refractivity contribution < 1.29 is 9.53 Å². The molecule has 0 aliphatic carbocycles. The monoisotopic (exact) mass is 165 g/mol. The van der Waals surface area contributed by atoms with Crippen molar-refractivity contribution >= 4 is 6.29 Å². The van der Waals surface area contributed by atoms with Crippen molar-refractivity contribution in [3.05, 3.63) is 23.9 Å². The van der Waals surface area contributed by atoms with E-state index in [2.05, 4.69) is 4.98 Å². The van der Waals surface area contributed by atoms with Gasteiger partial charge in [-0.1, -0.05) is 0 Å². The Bertz CT molecular complexity index is 254. The van der Waals surface area contributed by atoms with Crippen LogP contribution in [0.4, 0.5) is 0 Å². The molecular weight excluding hydrogens is 154 g/mol. The SMILES string of the molecule is CC(C)Oc1ccc(C=O)cn1. The van der Waals surface area contributed by atoms with Crippen molar-refractivity contribution in [2.45, 2.75) is 20.0 Å². The predicted molar refractivity (Wildman–Crippen MR) is 45.4 cm³/mol. The summed E-state index contributed by atoms with van der Waals surface area (Å²) in [6.07, 6.45) is 2.36. The first kappa shape index (κ1) is 8.71. The predicted octanol–water partition coefficient (Wildman–Crippen LogP) is 1.68. The van der Waals surface area contributed by atoms with E-state index in [1.54, 1.807) is 12.1 Å². The second-order valence-corrected chi connectivity index (χ2v) is 2.71. The number of hydrogen-bond acceptors (Lipinski definition) is 3. The number of hydrogen-bond donors (Lipinski definition) is 0. The number of aromatic nitrogens is 1. The molecule has 64 valence electrons. The van der Waals surface area contributed by atoms with Crippen molar-refractivity contribution in [2.75, 3.05) is 0 Å². The van der Waals surface area contributed by atoms with E-state index in [1.807, 2.05) is 13.8 Å². The molecule has 1 aromatic heterocycles. The van der Waals surface area contributed by atoms with Crippen molar-refractivity contribution in [1.82, 2.24) is 4.98 Å². The summed E-state index contributed by atoms with van der Waals surface area (Å²) in [6, 6.07) is 3.36. The van der Waals surface area contributed by atoms with Gasteiger partial charge in [-0.25, -0.2) is 4.98 Å². The lowest BCUT2D eigenvalue weighted by atomic mass is 10.3. The minimum absolute atomic E-state index is 0.111. The summed E-state index contributed by atoms with van der Waals surface area (Å²) in [5.41, 5.74) is 0.561. The Morgan fingerprint density at radius 2 is 2.25 bits per heavy atom. The molecule has 0 saturated carbocycles. The summed E-state index contributed by atoms with van der Waals surface area (Å²) in [6.45, 7) is 3.85. The van der Waals surface area contributed by atoms with E-state index in [4.69, 9.17) is 4.74 Å². The Balaban J connectivity index is 2.71. The molecule has 0 aliphatic rings. The molecule has 0 saturated heterocycles. The zero-order valence-corrected chi connectivity index (χ0v) is 7.15. The number of nitrogens with zero attached hydrogens (tertiary/aromatic N) is 1. The number of pyridine rings is 1. The number of carbonyl (C=O) groups is 1. The van der Waals surface area contributed by atoms with Gasteiger partial charge >= 0.3 is 0 Å².